The van der Waals surface area contributed by atoms with Gasteiger partial charge >= 0.3 is 0 Å². The number of halogens is 2. The third kappa shape index (κ3) is 6.55. The minimum absolute atomic E-state index is 0. The van der Waals surface area contributed by atoms with Crippen molar-refractivity contribution in [1.82, 2.24) is 25.2 Å². The molecule has 178 valence electrons. The first kappa shape index (κ1) is 25.2. The van der Waals surface area contributed by atoms with Gasteiger partial charge in [-0.1, -0.05) is 6.07 Å². The molecule has 4 rings (SSSR count). The van der Waals surface area contributed by atoms with Gasteiger partial charge in [0, 0.05) is 50.5 Å². The minimum atomic E-state index is -0.182. The van der Waals surface area contributed by atoms with Crippen molar-refractivity contribution >= 4 is 41.3 Å². The molecule has 3 aromatic rings. The molecule has 2 N–H and O–H groups in total. The van der Waals surface area contributed by atoms with Gasteiger partial charge in [-0.3, -0.25) is 9.39 Å². The maximum Gasteiger partial charge on any atom is 0.191 e. The summed E-state index contributed by atoms with van der Waals surface area (Å²) in [5.41, 5.74) is 2.96. The Labute approximate surface area is 211 Å². The zero-order valence-electron chi connectivity index (χ0n) is 19.3. The van der Waals surface area contributed by atoms with E-state index in [0.717, 1.165) is 74.0 Å². The van der Waals surface area contributed by atoms with Crippen molar-refractivity contribution in [3.8, 4) is 0 Å². The van der Waals surface area contributed by atoms with Gasteiger partial charge in [-0.2, -0.15) is 0 Å². The second-order valence-electron chi connectivity index (χ2n) is 8.27. The van der Waals surface area contributed by atoms with Gasteiger partial charge in [0.15, 0.2) is 11.6 Å². The zero-order valence-corrected chi connectivity index (χ0v) is 21.6. The standard InChI is InChI=1S/C24H32FN7.HI/c1-3-26-24(27-13-6-10-23-30-29-22-9-4-5-15-32(22)23)28-20-8-7-14-31(17-20)21-12-11-19(25)16-18(21)2;/h4-5,9,11-12,15-16,20H,3,6-8,10,13-14,17H2,1-2H3,(H2,26,27,28);1H. The fraction of sp³-hybridized carbons (Fsp3) is 0.458. The van der Waals surface area contributed by atoms with E-state index in [1.807, 2.05) is 41.8 Å². The molecule has 0 amide bonds. The molecule has 1 unspecified atom stereocenters. The number of nitrogens with one attached hydrogen (secondary N) is 2. The normalized spacial score (nSPS) is 16.5. The van der Waals surface area contributed by atoms with Gasteiger partial charge in [-0.15, -0.1) is 34.2 Å². The lowest BCUT2D eigenvalue weighted by molar-refractivity contribution is 0.467. The molecule has 1 aromatic carbocycles. The van der Waals surface area contributed by atoms with Gasteiger partial charge in [0.05, 0.1) is 0 Å². The number of hydrogen-bond acceptors (Lipinski definition) is 4. The monoisotopic (exact) mass is 565 g/mol. The summed E-state index contributed by atoms with van der Waals surface area (Å²) < 4.78 is 15.5. The van der Waals surface area contributed by atoms with Crippen LogP contribution in [0.15, 0.2) is 47.6 Å². The number of pyridine rings is 1. The fourth-order valence-corrected chi connectivity index (χ4v) is 4.29. The molecule has 7 nitrogen and oxygen atoms in total. The first-order valence-electron chi connectivity index (χ1n) is 11.5. The molecule has 0 bridgehead atoms. The average molecular weight is 565 g/mol. The van der Waals surface area contributed by atoms with Crippen molar-refractivity contribution in [3.05, 3.63) is 59.8 Å². The number of hydrogen-bond donors (Lipinski definition) is 2. The lowest BCUT2D eigenvalue weighted by atomic mass is 10.0. The van der Waals surface area contributed by atoms with Crippen molar-refractivity contribution < 1.29 is 4.39 Å². The highest BCUT2D eigenvalue weighted by Crippen LogP contribution is 2.24. The first-order valence-corrected chi connectivity index (χ1v) is 11.5. The summed E-state index contributed by atoms with van der Waals surface area (Å²) in [5, 5.41) is 15.5. The van der Waals surface area contributed by atoms with Crippen LogP contribution in [0, 0.1) is 12.7 Å². The van der Waals surface area contributed by atoms with Crippen molar-refractivity contribution in [2.45, 2.75) is 45.6 Å². The van der Waals surface area contributed by atoms with Crippen LogP contribution < -0.4 is 15.5 Å². The molecule has 2 aromatic heterocycles. The highest BCUT2D eigenvalue weighted by atomic mass is 127. The fourth-order valence-electron chi connectivity index (χ4n) is 4.29. The molecule has 3 heterocycles. The van der Waals surface area contributed by atoms with Crippen LogP contribution in [-0.4, -0.2) is 52.8 Å². The summed E-state index contributed by atoms with van der Waals surface area (Å²) in [6.07, 6.45) is 5.91. The van der Waals surface area contributed by atoms with Crippen molar-refractivity contribution in [2.24, 2.45) is 4.99 Å². The van der Waals surface area contributed by atoms with Crippen molar-refractivity contribution in [1.29, 1.82) is 0 Å². The van der Waals surface area contributed by atoms with Gasteiger partial charge in [0.2, 0.25) is 0 Å². The lowest BCUT2D eigenvalue weighted by Crippen LogP contribution is -2.51. The number of aryl methyl sites for hydroxylation is 2. The number of anilines is 1. The molecule has 1 atom stereocenters. The van der Waals surface area contributed by atoms with E-state index < -0.39 is 0 Å². The van der Waals surface area contributed by atoms with Crippen molar-refractivity contribution in [3.63, 3.8) is 0 Å². The summed E-state index contributed by atoms with van der Waals surface area (Å²) in [5.74, 6) is 1.63. The van der Waals surface area contributed by atoms with Crippen LogP contribution in [-0.2, 0) is 6.42 Å². The Morgan fingerprint density at radius 3 is 2.94 bits per heavy atom. The summed E-state index contributed by atoms with van der Waals surface area (Å²) in [7, 11) is 0. The summed E-state index contributed by atoms with van der Waals surface area (Å²) in [4.78, 5) is 7.13. The molecule has 1 aliphatic rings. The zero-order chi connectivity index (χ0) is 22.3. The Bertz CT molecular complexity index is 1070. The molecule has 0 spiro atoms. The second-order valence-corrected chi connectivity index (χ2v) is 8.27. The van der Waals surface area contributed by atoms with Gasteiger partial charge in [0.1, 0.15) is 11.6 Å². The summed E-state index contributed by atoms with van der Waals surface area (Å²) >= 11 is 0. The van der Waals surface area contributed by atoms with E-state index in [1.165, 1.54) is 0 Å². The predicted molar refractivity (Wildman–Crippen MR) is 142 cm³/mol. The maximum atomic E-state index is 13.5. The number of aliphatic imine (C=N–C) groups is 1. The average Bonchev–Trinajstić information content (AvgIpc) is 3.20. The molecule has 1 aliphatic heterocycles. The quantitative estimate of drug-likeness (QED) is 0.197. The Morgan fingerprint density at radius 2 is 2.12 bits per heavy atom. The first-order chi connectivity index (χ1) is 15.6. The van der Waals surface area contributed by atoms with Crippen LogP contribution in [0.1, 0.15) is 37.6 Å². The molecule has 0 saturated carbocycles. The van der Waals surface area contributed by atoms with E-state index in [2.05, 4.69) is 32.7 Å². The van der Waals surface area contributed by atoms with Gasteiger partial charge < -0.3 is 15.5 Å². The van der Waals surface area contributed by atoms with Crippen LogP contribution in [0.25, 0.3) is 5.65 Å². The Morgan fingerprint density at radius 1 is 1.24 bits per heavy atom. The van der Waals surface area contributed by atoms with Crippen LogP contribution >= 0.6 is 24.0 Å². The third-order valence-corrected chi connectivity index (χ3v) is 5.82. The third-order valence-electron chi connectivity index (χ3n) is 5.82. The van der Waals surface area contributed by atoms with E-state index in [4.69, 9.17) is 4.99 Å². The number of nitrogens with zero attached hydrogens (tertiary/aromatic N) is 5. The largest absolute Gasteiger partial charge is 0.369 e. The van der Waals surface area contributed by atoms with E-state index in [-0.39, 0.29) is 29.8 Å². The van der Waals surface area contributed by atoms with E-state index >= 15 is 0 Å². The molecule has 1 saturated heterocycles. The molecular formula is C24H33FIN7. The predicted octanol–water partition coefficient (Wildman–Crippen LogP) is 3.95. The molecule has 9 heteroatoms. The molecule has 1 fully saturated rings. The van der Waals surface area contributed by atoms with Crippen LogP contribution in [0.5, 0.6) is 0 Å². The maximum absolute atomic E-state index is 13.5. The number of aromatic nitrogens is 3. The summed E-state index contributed by atoms with van der Waals surface area (Å²) in [6, 6.07) is 11.3. The molecule has 0 aliphatic carbocycles. The molecule has 33 heavy (non-hydrogen) atoms. The number of benzene rings is 1. The Balaban J connectivity index is 0.00000306. The SMILES string of the molecule is CCNC(=NCCCc1nnc2ccccn12)NC1CCCN(c2ccc(F)cc2C)C1.I. The second kappa shape index (κ2) is 12.2. The van der Waals surface area contributed by atoms with Crippen LogP contribution in [0.4, 0.5) is 10.1 Å². The number of fused-ring (bicyclic) bond motifs is 1. The smallest absolute Gasteiger partial charge is 0.191 e. The highest BCUT2D eigenvalue weighted by Gasteiger charge is 2.22. The Kier molecular flexibility index (Phi) is 9.28. The summed E-state index contributed by atoms with van der Waals surface area (Å²) in [6.45, 7) is 7.44. The molecular weight excluding hydrogens is 532 g/mol. The van der Waals surface area contributed by atoms with Crippen LogP contribution in [0.2, 0.25) is 0 Å². The van der Waals surface area contributed by atoms with Gasteiger partial charge in [-0.05, 0) is 69.0 Å². The lowest BCUT2D eigenvalue weighted by Gasteiger charge is -2.36. The number of piperidine rings is 1. The molecule has 0 radical (unpaired) electrons. The van der Waals surface area contributed by atoms with E-state index in [9.17, 15) is 4.39 Å². The number of guanidine groups is 1. The van der Waals surface area contributed by atoms with Gasteiger partial charge in [-0.25, -0.2) is 4.39 Å². The number of rotatable bonds is 7. The van der Waals surface area contributed by atoms with Crippen LogP contribution in [0.3, 0.4) is 0 Å². The van der Waals surface area contributed by atoms with Crippen molar-refractivity contribution in [2.75, 3.05) is 31.1 Å². The Hall–Kier alpha value is -2.43. The topological polar surface area (TPSA) is 69.8 Å². The highest BCUT2D eigenvalue weighted by molar-refractivity contribution is 14.0. The van der Waals surface area contributed by atoms with E-state index in [1.54, 1.807) is 12.1 Å². The van der Waals surface area contributed by atoms with E-state index in [0.29, 0.717) is 12.6 Å². The minimum Gasteiger partial charge on any atom is -0.369 e. The van der Waals surface area contributed by atoms with Gasteiger partial charge in [0.25, 0.3) is 0 Å².